The molecule has 0 amide bonds. The Bertz CT molecular complexity index is 478. The number of ketones is 1. The zero-order valence-corrected chi connectivity index (χ0v) is 14.4. The lowest BCUT2D eigenvalue weighted by molar-refractivity contribution is -0.122. The summed E-state index contributed by atoms with van der Waals surface area (Å²) < 4.78 is 27.1. The van der Waals surface area contributed by atoms with Gasteiger partial charge in [0.25, 0.3) is 0 Å². The minimum atomic E-state index is -3.25. The fraction of sp³-hybridized carbons (Fsp3) is 0.938. The van der Waals surface area contributed by atoms with Crippen LogP contribution in [-0.4, -0.2) is 36.8 Å². The van der Waals surface area contributed by atoms with Gasteiger partial charge < -0.3 is 0 Å². The Hall–Kier alpha value is -0.420. The van der Waals surface area contributed by atoms with Crippen molar-refractivity contribution in [3.05, 3.63) is 0 Å². The van der Waals surface area contributed by atoms with Gasteiger partial charge in [-0.1, -0.05) is 27.2 Å². The molecule has 2 unspecified atom stereocenters. The third-order valence-corrected chi connectivity index (χ3v) is 6.67. The number of piperidine rings is 1. The summed E-state index contributed by atoms with van der Waals surface area (Å²) in [5.74, 6) is 0.432. The van der Waals surface area contributed by atoms with E-state index < -0.39 is 10.0 Å². The number of hydrogen-bond donors (Lipinski definition) is 0. The van der Waals surface area contributed by atoms with E-state index in [2.05, 4.69) is 20.8 Å². The van der Waals surface area contributed by atoms with Crippen LogP contribution in [0.5, 0.6) is 0 Å². The monoisotopic (exact) mass is 315 g/mol. The Balaban J connectivity index is 2.12. The zero-order chi connectivity index (χ0) is 15.7. The molecule has 5 heteroatoms. The third kappa shape index (κ3) is 4.28. The second-order valence-electron chi connectivity index (χ2n) is 7.77. The molecule has 2 atom stereocenters. The highest BCUT2D eigenvalue weighted by molar-refractivity contribution is 7.89. The van der Waals surface area contributed by atoms with Gasteiger partial charge in [-0.15, -0.1) is 0 Å². The maximum absolute atomic E-state index is 12.7. The van der Waals surface area contributed by atoms with E-state index in [1.54, 1.807) is 4.31 Å². The number of carbonyl (C=O) groups is 1. The molecule has 0 spiro atoms. The number of nitrogens with zero attached hydrogens (tertiary/aromatic N) is 1. The molecular formula is C16H29NO3S. The number of hydrogen-bond acceptors (Lipinski definition) is 3. The van der Waals surface area contributed by atoms with Gasteiger partial charge in [0.2, 0.25) is 10.0 Å². The van der Waals surface area contributed by atoms with E-state index in [4.69, 9.17) is 0 Å². The molecule has 0 bridgehead atoms. The largest absolute Gasteiger partial charge is 0.299 e. The van der Waals surface area contributed by atoms with Crippen LogP contribution in [0.4, 0.5) is 0 Å². The smallest absolute Gasteiger partial charge is 0.214 e. The Morgan fingerprint density at radius 2 is 1.86 bits per heavy atom. The lowest BCUT2D eigenvalue weighted by Gasteiger charge is -2.38. The molecular weight excluding hydrogens is 286 g/mol. The summed E-state index contributed by atoms with van der Waals surface area (Å²) in [5, 5.41) is 0. The lowest BCUT2D eigenvalue weighted by Crippen LogP contribution is -2.49. The number of rotatable bonds is 4. The molecule has 2 rings (SSSR count). The Morgan fingerprint density at radius 3 is 2.43 bits per heavy atom. The number of Topliss-reactive ketones (excluding diaryl/α,β-unsaturated/α-hetero) is 1. The molecule has 0 aromatic heterocycles. The Morgan fingerprint density at radius 1 is 1.14 bits per heavy atom. The zero-order valence-electron chi connectivity index (χ0n) is 13.6. The van der Waals surface area contributed by atoms with Crippen molar-refractivity contribution in [2.24, 2.45) is 11.3 Å². The summed E-state index contributed by atoms with van der Waals surface area (Å²) in [6.07, 6.45) is 5.91. The Kier molecular flexibility index (Phi) is 5.14. The van der Waals surface area contributed by atoms with Gasteiger partial charge in [0.1, 0.15) is 5.78 Å². The van der Waals surface area contributed by atoms with Crippen LogP contribution in [0.3, 0.4) is 0 Å². The molecule has 0 N–H and O–H groups in total. The molecule has 1 aliphatic heterocycles. The van der Waals surface area contributed by atoms with E-state index in [9.17, 15) is 13.2 Å². The van der Waals surface area contributed by atoms with Crippen LogP contribution in [0.25, 0.3) is 0 Å². The van der Waals surface area contributed by atoms with Crippen molar-refractivity contribution in [3.8, 4) is 0 Å². The van der Waals surface area contributed by atoms with Crippen molar-refractivity contribution in [2.45, 2.75) is 71.8 Å². The highest BCUT2D eigenvalue weighted by atomic mass is 32.2. The standard InChI is InChI=1S/C16H29NO3S/c1-16(2,3)10-12-21(19,20)17-11-5-4-8-14(17)13-7-6-9-15(13)18/h13-14H,4-12H2,1-3H3. The first-order chi connectivity index (χ1) is 9.71. The number of carbonyl (C=O) groups excluding carboxylic acids is 1. The van der Waals surface area contributed by atoms with Gasteiger partial charge in [-0.3, -0.25) is 4.79 Å². The third-order valence-electron chi connectivity index (χ3n) is 4.78. The van der Waals surface area contributed by atoms with Crippen LogP contribution < -0.4 is 0 Å². The van der Waals surface area contributed by atoms with Crippen LogP contribution in [0.15, 0.2) is 0 Å². The summed E-state index contributed by atoms with van der Waals surface area (Å²) in [6.45, 7) is 6.80. The van der Waals surface area contributed by atoms with Crippen molar-refractivity contribution in [3.63, 3.8) is 0 Å². The van der Waals surface area contributed by atoms with Gasteiger partial charge in [0.15, 0.2) is 0 Å². The average Bonchev–Trinajstić information content (AvgIpc) is 2.82. The van der Waals surface area contributed by atoms with Gasteiger partial charge in [-0.2, -0.15) is 4.31 Å². The van der Waals surface area contributed by atoms with Crippen LogP contribution in [0.1, 0.15) is 65.7 Å². The molecule has 0 radical (unpaired) electrons. The van der Waals surface area contributed by atoms with Crippen molar-refractivity contribution >= 4 is 15.8 Å². The van der Waals surface area contributed by atoms with Crippen molar-refractivity contribution in [1.29, 1.82) is 0 Å². The van der Waals surface area contributed by atoms with Gasteiger partial charge in [0.05, 0.1) is 5.75 Å². The first kappa shape index (κ1) is 16.9. The molecule has 4 nitrogen and oxygen atoms in total. The number of sulfonamides is 1. The molecule has 1 saturated heterocycles. The molecule has 2 aliphatic rings. The molecule has 122 valence electrons. The topological polar surface area (TPSA) is 54.5 Å². The van der Waals surface area contributed by atoms with Crippen LogP contribution in [-0.2, 0) is 14.8 Å². The van der Waals surface area contributed by atoms with Gasteiger partial charge in [-0.05, 0) is 37.5 Å². The minimum absolute atomic E-state index is 0.0154. The summed E-state index contributed by atoms with van der Waals surface area (Å²) in [4.78, 5) is 12.0. The van der Waals surface area contributed by atoms with Crippen LogP contribution in [0.2, 0.25) is 0 Å². The molecule has 0 aromatic rings. The van der Waals surface area contributed by atoms with Crippen molar-refractivity contribution in [1.82, 2.24) is 4.31 Å². The van der Waals surface area contributed by atoms with Crippen molar-refractivity contribution < 1.29 is 13.2 Å². The SMILES string of the molecule is CC(C)(C)CCS(=O)(=O)N1CCCCC1C1CCCC1=O. The van der Waals surface area contributed by atoms with E-state index >= 15 is 0 Å². The molecule has 1 heterocycles. The summed E-state index contributed by atoms with van der Waals surface area (Å²) in [6, 6.07) is -0.0706. The second-order valence-corrected chi connectivity index (χ2v) is 9.81. The molecule has 2 fully saturated rings. The van der Waals surface area contributed by atoms with E-state index in [0.29, 0.717) is 19.4 Å². The quantitative estimate of drug-likeness (QED) is 0.801. The first-order valence-corrected chi connectivity index (χ1v) is 9.84. The van der Waals surface area contributed by atoms with Crippen molar-refractivity contribution in [2.75, 3.05) is 12.3 Å². The van der Waals surface area contributed by atoms with E-state index in [-0.39, 0.29) is 28.9 Å². The maximum Gasteiger partial charge on any atom is 0.214 e. The van der Waals surface area contributed by atoms with Gasteiger partial charge in [-0.25, -0.2) is 8.42 Å². The minimum Gasteiger partial charge on any atom is -0.299 e. The first-order valence-electron chi connectivity index (χ1n) is 8.23. The molecule has 21 heavy (non-hydrogen) atoms. The summed E-state index contributed by atoms with van der Waals surface area (Å²) in [5.41, 5.74) is 0.0154. The van der Waals surface area contributed by atoms with E-state index in [0.717, 1.165) is 32.1 Å². The second kappa shape index (κ2) is 6.37. The average molecular weight is 315 g/mol. The normalized spacial score (nSPS) is 29.0. The van der Waals surface area contributed by atoms with Gasteiger partial charge in [0, 0.05) is 24.9 Å². The lowest BCUT2D eigenvalue weighted by atomic mass is 9.90. The molecule has 1 aliphatic carbocycles. The predicted octanol–water partition coefficient (Wildman–Crippen LogP) is 2.98. The fourth-order valence-electron chi connectivity index (χ4n) is 3.48. The van der Waals surface area contributed by atoms with E-state index in [1.165, 1.54) is 0 Å². The van der Waals surface area contributed by atoms with Crippen LogP contribution >= 0.6 is 0 Å². The summed E-state index contributed by atoms with van der Waals surface area (Å²) in [7, 11) is -3.25. The molecule has 0 aromatic carbocycles. The molecule has 1 saturated carbocycles. The Labute approximate surface area is 129 Å². The predicted molar refractivity (Wildman–Crippen MR) is 84.6 cm³/mol. The van der Waals surface area contributed by atoms with Crippen LogP contribution in [0, 0.1) is 11.3 Å². The highest BCUT2D eigenvalue weighted by Gasteiger charge is 2.41. The van der Waals surface area contributed by atoms with Gasteiger partial charge >= 0.3 is 0 Å². The van der Waals surface area contributed by atoms with E-state index in [1.807, 2.05) is 0 Å². The maximum atomic E-state index is 12.7. The fourth-order valence-corrected chi connectivity index (χ4v) is 5.66. The highest BCUT2D eigenvalue weighted by Crippen LogP contribution is 2.34. The summed E-state index contributed by atoms with van der Waals surface area (Å²) >= 11 is 0.